The number of nitrogens with zero attached hydrogens (tertiary/aromatic N) is 4. The van der Waals surface area contributed by atoms with Crippen LogP contribution in [0.25, 0.3) is 22.3 Å². The highest BCUT2D eigenvalue weighted by Crippen LogP contribution is 2.25. The Bertz CT molecular complexity index is 1220. The third-order valence-corrected chi connectivity index (χ3v) is 6.08. The topological polar surface area (TPSA) is 63.1 Å². The van der Waals surface area contributed by atoms with E-state index in [-0.39, 0.29) is 5.91 Å². The number of carbonyl (C=O) groups is 1. The molecule has 1 fully saturated rings. The summed E-state index contributed by atoms with van der Waals surface area (Å²) >= 11 is 0. The van der Waals surface area contributed by atoms with E-state index in [1.807, 2.05) is 48.0 Å². The average Bonchev–Trinajstić information content (AvgIpc) is 3.53. The number of amides is 1. The molecule has 0 saturated carbocycles. The summed E-state index contributed by atoms with van der Waals surface area (Å²) in [6.07, 6.45) is 4.26. The summed E-state index contributed by atoms with van der Waals surface area (Å²) in [5.41, 5.74) is 5.42. The van der Waals surface area contributed by atoms with Crippen molar-refractivity contribution in [2.45, 2.75) is 32.9 Å². The fraction of sp³-hybridized carbons (Fsp3) is 0.269. The number of carbonyl (C=O) groups excluding carboxylic acids is 1. The highest BCUT2D eigenvalue weighted by Gasteiger charge is 2.17. The lowest BCUT2D eigenvalue weighted by Gasteiger charge is -2.17. The average molecular weight is 426 g/mol. The highest BCUT2D eigenvalue weighted by molar-refractivity contribution is 6.06. The molecule has 1 N–H and O–H groups in total. The molecule has 32 heavy (non-hydrogen) atoms. The summed E-state index contributed by atoms with van der Waals surface area (Å²) < 4.78 is 1.83. The van der Waals surface area contributed by atoms with Gasteiger partial charge in [0.15, 0.2) is 5.65 Å². The predicted octanol–water partition coefficient (Wildman–Crippen LogP) is 4.65. The maximum absolute atomic E-state index is 13.2. The van der Waals surface area contributed by atoms with E-state index >= 15 is 0 Å². The van der Waals surface area contributed by atoms with Crippen molar-refractivity contribution in [2.75, 3.05) is 18.0 Å². The zero-order chi connectivity index (χ0) is 21.9. The molecule has 2 aromatic carbocycles. The quantitative estimate of drug-likeness (QED) is 0.489. The molecule has 6 heteroatoms. The molecule has 0 bridgehead atoms. The van der Waals surface area contributed by atoms with Crippen molar-refractivity contribution < 1.29 is 4.79 Å². The minimum atomic E-state index is -0.117. The lowest BCUT2D eigenvalue weighted by molar-refractivity contribution is 0.0952. The molecular weight excluding hydrogens is 398 g/mol. The smallest absolute Gasteiger partial charge is 0.252 e. The Morgan fingerprint density at radius 1 is 1.03 bits per heavy atom. The standard InChI is InChI=1S/C26H27N5O/c1-2-31-25-23(18-28-31)22(16-24(29-25)20-8-4-3-5-9-20)26(32)27-17-19-10-12-21(13-11-19)30-14-6-7-15-30/h3-5,8-13,16,18H,2,6-7,14-15,17H2,1H3,(H,27,32). The minimum absolute atomic E-state index is 0.117. The molecule has 1 aliphatic heterocycles. The molecule has 0 spiro atoms. The second-order valence-corrected chi connectivity index (χ2v) is 8.16. The van der Waals surface area contributed by atoms with E-state index in [0.717, 1.165) is 40.9 Å². The lowest BCUT2D eigenvalue weighted by atomic mass is 10.1. The predicted molar refractivity (Wildman–Crippen MR) is 128 cm³/mol. The normalized spacial score (nSPS) is 13.6. The van der Waals surface area contributed by atoms with Gasteiger partial charge in [0.05, 0.1) is 22.8 Å². The van der Waals surface area contributed by atoms with Crippen molar-refractivity contribution in [3.05, 3.63) is 78.0 Å². The first-order valence-electron chi connectivity index (χ1n) is 11.3. The highest BCUT2D eigenvalue weighted by atomic mass is 16.1. The van der Waals surface area contributed by atoms with Gasteiger partial charge in [0.25, 0.3) is 5.91 Å². The number of hydrogen-bond donors (Lipinski definition) is 1. The van der Waals surface area contributed by atoms with E-state index in [2.05, 4.69) is 39.6 Å². The fourth-order valence-corrected chi connectivity index (χ4v) is 4.30. The maximum Gasteiger partial charge on any atom is 0.252 e. The van der Waals surface area contributed by atoms with Crippen LogP contribution in [0.4, 0.5) is 5.69 Å². The molecule has 0 atom stereocenters. The Hall–Kier alpha value is -3.67. The van der Waals surface area contributed by atoms with E-state index in [1.54, 1.807) is 6.20 Å². The second kappa shape index (κ2) is 8.83. The number of benzene rings is 2. The number of anilines is 1. The number of fused-ring (bicyclic) bond motifs is 1. The summed E-state index contributed by atoms with van der Waals surface area (Å²) in [6, 6.07) is 20.3. The van der Waals surface area contributed by atoms with Gasteiger partial charge in [-0.3, -0.25) is 4.79 Å². The minimum Gasteiger partial charge on any atom is -0.372 e. The Kier molecular flexibility index (Phi) is 5.58. The SMILES string of the molecule is CCn1ncc2c(C(=O)NCc3ccc(N4CCCC4)cc3)cc(-c3ccccc3)nc21. The van der Waals surface area contributed by atoms with Crippen molar-refractivity contribution in [1.29, 1.82) is 0 Å². The largest absolute Gasteiger partial charge is 0.372 e. The summed E-state index contributed by atoms with van der Waals surface area (Å²) in [4.78, 5) is 20.4. The van der Waals surface area contributed by atoms with Crippen LogP contribution < -0.4 is 10.2 Å². The maximum atomic E-state index is 13.2. The van der Waals surface area contributed by atoms with E-state index in [9.17, 15) is 4.79 Å². The van der Waals surface area contributed by atoms with Gasteiger partial charge < -0.3 is 10.2 Å². The molecule has 1 saturated heterocycles. The van der Waals surface area contributed by atoms with Gasteiger partial charge in [-0.15, -0.1) is 0 Å². The van der Waals surface area contributed by atoms with Gasteiger partial charge in [-0.05, 0) is 43.5 Å². The molecule has 1 amide bonds. The lowest BCUT2D eigenvalue weighted by Crippen LogP contribution is -2.23. The van der Waals surface area contributed by atoms with Crippen molar-refractivity contribution in [3.63, 3.8) is 0 Å². The first-order valence-corrected chi connectivity index (χ1v) is 11.3. The number of pyridine rings is 1. The van der Waals surface area contributed by atoms with E-state index in [1.165, 1.54) is 18.5 Å². The van der Waals surface area contributed by atoms with Crippen LogP contribution in [0, 0.1) is 0 Å². The van der Waals surface area contributed by atoms with Gasteiger partial charge in [0.2, 0.25) is 0 Å². The monoisotopic (exact) mass is 425 g/mol. The Morgan fingerprint density at radius 3 is 2.50 bits per heavy atom. The summed E-state index contributed by atoms with van der Waals surface area (Å²) in [7, 11) is 0. The Balaban J connectivity index is 1.39. The number of aryl methyl sites for hydroxylation is 1. The Labute approximate surface area is 187 Å². The Morgan fingerprint density at radius 2 is 1.78 bits per heavy atom. The van der Waals surface area contributed by atoms with E-state index < -0.39 is 0 Å². The molecule has 3 heterocycles. The number of hydrogen-bond acceptors (Lipinski definition) is 4. The van der Waals surface area contributed by atoms with Crippen molar-refractivity contribution >= 4 is 22.6 Å². The van der Waals surface area contributed by atoms with E-state index in [4.69, 9.17) is 4.98 Å². The molecule has 2 aromatic heterocycles. The van der Waals surface area contributed by atoms with Crippen LogP contribution in [-0.2, 0) is 13.1 Å². The van der Waals surface area contributed by atoms with Gasteiger partial charge in [0.1, 0.15) is 0 Å². The van der Waals surface area contributed by atoms with Gasteiger partial charge >= 0.3 is 0 Å². The van der Waals surface area contributed by atoms with Crippen LogP contribution in [0.3, 0.4) is 0 Å². The molecule has 0 aliphatic carbocycles. The van der Waals surface area contributed by atoms with Gasteiger partial charge in [-0.2, -0.15) is 5.10 Å². The van der Waals surface area contributed by atoms with Gasteiger partial charge in [-0.25, -0.2) is 9.67 Å². The van der Waals surface area contributed by atoms with Crippen molar-refractivity contribution in [3.8, 4) is 11.3 Å². The van der Waals surface area contributed by atoms with Crippen LogP contribution in [0.1, 0.15) is 35.7 Å². The molecule has 6 nitrogen and oxygen atoms in total. The first-order chi connectivity index (χ1) is 15.7. The molecular formula is C26H27N5O. The van der Waals surface area contributed by atoms with Crippen molar-refractivity contribution in [2.24, 2.45) is 0 Å². The zero-order valence-electron chi connectivity index (χ0n) is 18.3. The van der Waals surface area contributed by atoms with Crippen LogP contribution in [-0.4, -0.2) is 33.8 Å². The number of nitrogens with one attached hydrogen (secondary N) is 1. The number of aromatic nitrogens is 3. The van der Waals surface area contributed by atoms with Gasteiger partial charge in [0, 0.05) is 37.4 Å². The number of rotatable bonds is 6. The molecule has 5 rings (SSSR count). The van der Waals surface area contributed by atoms with Crippen molar-refractivity contribution in [1.82, 2.24) is 20.1 Å². The van der Waals surface area contributed by atoms with Crippen LogP contribution in [0.2, 0.25) is 0 Å². The molecule has 0 radical (unpaired) electrons. The zero-order valence-corrected chi connectivity index (χ0v) is 18.3. The van der Waals surface area contributed by atoms with Crippen LogP contribution in [0.15, 0.2) is 66.9 Å². The molecule has 1 aliphatic rings. The third kappa shape index (κ3) is 3.96. The summed E-state index contributed by atoms with van der Waals surface area (Å²) in [5, 5.41) is 8.28. The fourth-order valence-electron chi connectivity index (χ4n) is 4.30. The van der Waals surface area contributed by atoms with Crippen LogP contribution in [0.5, 0.6) is 0 Å². The van der Waals surface area contributed by atoms with Gasteiger partial charge in [-0.1, -0.05) is 42.5 Å². The second-order valence-electron chi connectivity index (χ2n) is 8.16. The first kappa shape index (κ1) is 20.2. The van der Waals surface area contributed by atoms with E-state index in [0.29, 0.717) is 18.7 Å². The van der Waals surface area contributed by atoms with Crippen LogP contribution >= 0.6 is 0 Å². The summed E-state index contributed by atoms with van der Waals surface area (Å²) in [6.45, 7) is 5.45. The molecule has 0 unspecified atom stereocenters. The third-order valence-electron chi connectivity index (χ3n) is 6.08. The summed E-state index contributed by atoms with van der Waals surface area (Å²) in [5.74, 6) is -0.117. The molecule has 4 aromatic rings. The molecule has 162 valence electrons.